The Morgan fingerprint density at radius 1 is 1.77 bits per heavy atom. The van der Waals surface area contributed by atoms with Gasteiger partial charge in [-0.15, -0.1) is 0 Å². The van der Waals surface area contributed by atoms with E-state index in [0.29, 0.717) is 6.54 Å². The van der Waals surface area contributed by atoms with Crippen molar-refractivity contribution in [3.05, 3.63) is 12.2 Å². The molecule has 5 nitrogen and oxygen atoms in total. The zero-order chi connectivity index (χ0) is 9.68. The first kappa shape index (κ1) is 9.91. The van der Waals surface area contributed by atoms with Crippen LogP contribution < -0.4 is 5.32 Å². The molecule has 1 rings (SSSR count). The molecule has 0 spiro atoms. The van der Waals surface area contributed by atoms with Gasteiger partial charge in [-0.05, 0) is 19.1 Å². The molecular weight excluding hydrogens is 186 g/mol. The van der Waals surface area contributed by atoms with Crippen LogP contribution in [0, 0.1) is 0 Å². The summed E-state index contributed by atoms with van der Waals surface area (Å²) in [6.07, 6.45) is 1.49. The summed E-state index contributed by atoms with van der Waals surface area (Å²) in [7, 11) is 1.91. The number of H-pyrrole nitrogens is 1. The fraction of sp³-hybridized carbons (Fsp3) is 0.571. The van der Waals surface area contributed by atoms with Crippen LogP contribution in [-0.2, 0) is 6.54 Å². The van der Waals surface area contributed by atoms with Gasteiger partial charge in [0.1, 0.15) is 12.2 Å². The molecular formula is C7H13N5S. The zero-order valence-corrected chi connectivity index (χ0v) is 8.56. The maximum absolute atomic E-state index is 5.10. The van der Waals surface area contributed by atoms with Crippen molar-refractivity contribution in [3.63, 3.8) is 0 Å². The first-order valence-electron chi connectivity index (χ1n) is 4.07. The van der Waals surface area contributed by atoms with Gasteiger partial charge in [0, 0.05) is 13.6 Å². The molecule has 0 aliphatic rings. The highest BCUT2D eigenvalue weighted by Crippen LogP contribution is 1.94. The van der Waals surface area contributed by atoms with Gasteiger partial charge in [0.15, 0.2) is 5.11 Å². The number of hydrogen-bond acceptors (Lipinski definition) is 3. The molecule has 0 aliphatic heterocycles. The van der Waals surface area contributed by atoms with Crippen molar-refractivity contribution in [1.29, 1.82) is 0 Å². The molecule has 0 fully saturated rings. The van der Waals surface area contributed by atoms with E-state index >= 15 is 0 Å². The van der Waals surface area contributed by atoms with Crippen LogP contribution >= 0.6 is 12.2 Å². The topological polar surface area (TPSA) is 56.8 Å². The second kappa shape index (κ2) is 4.76. The fourth-order valence-corrected chi connectivity index (χ4v) is 1.10. The summed E-state index contributed by atoms with van der Waals surface area (Å²) < 4.78 is 0. The van der Waals surface area contributed by atoms with Gasteiger partial charge in [0.05, 0.1) is 6.54 Å². The minimum atomic E-state index is 0.645. The van der Waals surface area contributed by atoms with Crippen LogP contribution in [0.2, 0.25) is 0 Å². The number of aromatic amines is 1. The Bertz CT molecular complexity index is 258. The van der Waals surface area contributed by atoms with Crippen LogP contribution in [0.1, 0.15) is 12.7 Å². The standard InChI is InChI=1S/C7H13N5S/c1-3-8-7(13)12(2)4-6-9-5-10-11-6/h5H,3-4H2,1-2H3,(H,8,13)(H,9,10,11). The van der Waals surface area contributed by atoms with Gasteiger partial charge in [-0.2, -0.15) is 5.10 Å². The van der Waals surface area contributed by atoms with Crippen molar-refractivity contribution >= 4 is 17.3 Å². The molecule has 1 aromatic heterocycles. The molecule has 0 amide bonds. The highest BCUT2D eigenvalue weighted by atomic mass is 32.1. The van der Waals surface area contributed by atoms with E-state index in [9.17, 15) is 0 Å². The van der Waals surface area contributed by atoms with Crippen LogP contribution in [-0.4, -0.2) is 38.8 Å². The normalized spacial score (nSPS) is 9.69. The Hall–Kier alpha value is -1.17. The molecule has 0 atom stereocenters. The summed E-state index contributed by atoms with van der Waals surface area (Å²) in [4.78, 5) is 5.91. The number of nitrogens with zero attached hydrogens (tertiary/aromatic N) is 3. The van der Waals surface area contributed by atoms with E-state index in [2.05, 4.69) is 20.5 Å². The molecule has 0 saturated carbocycles. The average molecular weight is 199 g/mol. The second-order valence-corrected chi connectivity index (χ2v) is 3.01. The molecule has 2 N–H and O–H groups in total. The van der Waals surface area contributed by atoms with Gasteiger partial charge in [-0.25, -0.2) is 4.98 Å². The Morgan fingerprint density at radius 3 is 3.08 bits per heavy atom. The third kappa shape index (κ3) is 2.98. The van der Waals surface area contributed by atoms with Crippen molar-refractivity contribution in [2.75, 3.05) is 13.6 Å². The quantitative estimate of drug-likeness (QED) is 0.678. The number of nitrogens with one attached hydrogen (secondary N) is 2. The lowest BCUT2D eigenvalue weighted by atomic mass is 10.5. The molecule has 13 heavy (non-hydrogen) atoms. The zero-order valence-electron chi connectivity index (χ0n) is 7.74. The SMILES string of the molecule is CCNC(=S)N(C)Cc1ncn[nH]1. The van der Waals surface area contributed by atoms with E-state index in [1.54, 1.807) is 0 Å². The van der Waals surface area contributed by atoms with Gasteiger partial charge in [-0.3, -0.25) is 5.10 Å². The van der Waals surface area contributed by atoms with Crippen molar-refractivity contribution in [2.24, 2.45) is 0 Å². The van der Waals surface area contributed by atoms with Gasteiger partial charge >= 0.3 is 0 Å². The summed E-state index contributed by atoms with van der Waals surface area (Å²) in [5, 5.41) is 10.3. The molecule has 0 radical (unpaired) electrons. The van der Waals surface area contributed by atoms with Crippen LogP contribution in [0.15, 0.2) is 6.33 Å². The monoisotopic (exact) mass is 199 g/mol. The lowest BCUT2D eigenvalue weighted by molar-refractivity contribution is 0.475. The Morgan fingerprint density at radius 2 is 2.54 bits per heavy atom. The van der Waals surface area contributed by atoms with Crippen LogP contribution in [0.5, 0.6) is 0 Å². The van der Waals surface area contributed by atoms with Crippen molar-refractivity contribution in [3.8, 4) is 0 Å². The molecule has 1 heterocycles. The predicted molar refractivity (Wildman–Crippen MR) is 54.1 cm³/mol. The number of aromatic nitrogens is 3. The van der Waals surface area contributed by atoms with Crippen LogP contribution in [0.25, 0.3) is 0 Å². The number of rotatable bonds is 3. The molecule has 0 bridgehead atoms. The van der Waals surface area contributed by atoms with Crippen molar-refractivity contribution in [1.82, 2.24) is 25.4 Å². The van der Waals surface area contributed by atoms with E-state index in [1.165, 1.54) is 6.33 Å². The number of hydrogen-bond donors (Lipinski definition) is 2. The summed E-state index contributed by atoms with van der Waals surface area (Å²) in [6, 6.07) is 0. The smallest absolute Gasteiger partial charge is 0.169 e. The highest BCUT2D eigenvalue weighted by molar-refractivity contribution is 7.80. The van der Waals surface area contributed by atoms with E-state index in [1.807, 2.05) is 18.9 Å². The average Bonchev–Trinajstić information content (AvgIpc) is 2.57. The first-order chi connectivity index (χ1) is 6.24. The van der Waals surface area contributed by atoms with E-state index in [-0.39, 0.29) is 0 Å². The van der Waals surface area contributed by atoms with Crippen LogP contribution in [0.4, 0.5) is 0 Å². The molecule has 72 valence electrons. The molecule has 1 aromatic rings. The molecule has 6 heteroatoms. The lowest BCUT2D eigenvalue weighted by Gasteiger charge is -2.18. The molecule has 0 aromatic carbocycles. The van der Waals surface area contributed by atoms with Gasteiger partial charge in [0.2, 0.25) is 0 Å². The molecule has 0 unspecified atom stereocenters. The lowest BCUT2D eigenvalue weighted by Crippen LogP contribution is -2.36. The molecule has 0 saturated heterocycles. The first-order valence-corrected chi connectivity index (χ1v) is 4.48. The van der Waals surface area contributed by atoms with Crippen molar-refractivity contribution < 1.29 is 0 Å². The van der Waals surface area contributed by atoms with Crippen molar-refractivity contribution in [2.45, 2.75) is 13.5 Å². The second-order valence-electron chi connectivity index (χ2n) is 2.62. The highest BCUT2D eigenvalue weighted by Gasteiger charge is 2.04. The van der Waals surface area contributed by atoms with E-state index in [0.717, 1.165) is 17.5 Å². The van der Waals surface area contributed by atoms with Gasteiger partial charge in [-0.1, -0.05) is 0 Å². The van der Waals surface area contributed by atoms with Crippen LogP contribution in [0.3, 0.4) is 0 Å². The summed E-state index contributed by atoms with van der Waals surface area (Å²) in [5.74, 6) is 0.808. The fourth-order valence-electron chi connectivity index (χ4n) is 0.890. The predicted octanol–water partition coefficient (Wildman–Crippen LogP) is 0.131. The Balaban J connectivity index is 2.41. The van der Waals surface area contributed by atoms with Gasteiger partial charge < -0.3 is 10.2 Å². The Labute approximate surface area is 82.5 Å². The summed E-state index contributed by atoms with van der Waals surface area (Å²) in [5.41, 5.74) is 0. The van der Waals surface area contributed by atoms with Gasteiger partial charge in [0.25, 0.3) is 0 Å². The summed E-state index contributed by atoms with van der Waals surface area (Å²) >= 11 is 5.10. The minimum Gasteiger partial charge on any atom is -0.363 e. The van der Waals surface area contributed by atoms with E-state index < -0.39 is 0 Å². The maximum Gasteiger partial charge on any atom is 0.169 e. The third-order valence-corrected chi connectivity index (χ3v) is 1.98. The molecule has 0 aliphatic carbocycles. The largest absolute Gasteiger partial charge is 0.363 e. The third-order valence-electron chi connectivity index (χ3n) is 1.53. The maximum atomic E-state index is 5.10. The number of thiocarbonyl (C=S) groups is 1. The minimum absolute atomic E-state index is 0.645. The summed E-state index contributed by atoms with van der Waals surface area (Å²) in [6.45, 7) is 3.49. The van der Waals surface area contributed by atoms with E-state index in [4.69, 9.17) is 12.2 Å². The Kier molecular flexibility index (Phi) is 3.63.